The van der Waals surface area contributed by atoms with Crippen LogP contribution in [-0.2, 0) is 9.53 Å². The molecule has 220 valence electrons. The molecule has 1 saturated carbocycles. The standard InChI is InChI=1S/C30H35F2N3O6/c1-3-39-28(37)17-34-10-5-4-6-21(34)18-40-22-9-11-35-23(16-33-27(35)15-22)20-13-25(38-2)29(24(36)12-19-7-8-19)26(14-20)41-30(31)32/h9,11,13-16,19,21,30H,3-8,10,12,17-18H2,1-2H3. The number of Topliss-reactive ketones (excluding diaryl/α,β-unsaturated/α-hetero) is 1. The average molecular weight is 572 g/mol. The molecular weight excluding hydrogens is 536 g/mol. The molecule has 1 unspecified atom stereocenters. The Balaban J connectivity index is 1.36. The van der Waals surface area contributed by atoms with Gasteiger partial charge in [0.2, 0.25) is 0 Å². The van der Waals surface area contributed by atoms with Crippen molar-refractivity contribution in [2.45, 2.75) is 58.1 Å². The summed E-state index contributed by atoms with van der Waals surface area (Å²) in [6, 6.07) is 6.78. The minimum absolute atomic E-state index is 0.0349. The van der Waals surface area contributed by atoms with E-state index < -0.39 is 6.61 Å². The summed E-state index contributed by atoms with van der Waals surface area (Å²) in [6.45, 7) is 0.546. The van der Waals surface area contributed by atoms with E-state index in [-0.39, 0.29) is 53.7 Å². The van der Waals surface area contributed by atoms with E-state index in [1.54, 1.807) is 41.9 Å². The van der Waals surface area contributed by atoms with Gasteiger partial charge in [0.25, 0.3) is 0 Å². The van der Waals surface area contributed by atoms with E-state index in [1.165, 1.54) is 13.2 Å². The molecule has 1 aliphatic heterocycles. The number of alkyl halides is 2. The predicted molar refractivity (Wildman–Crippen MR) is 147 cm³/mol. The molecule has 1 aliphatic carbocycles. The van der Waals surface area contributed by atoms with Gasteiger partial charge in [0.05, 0.1) is 32.2 Å². The van der Waals surface area contributed by atoms with Crippen molar-refractivity contribution in [3.05, 3.63) is 42.2 Å². The summed E-state index contributed by atoms with van der Waals surface area (Å²) in [6.07, 6.45) is 8.62. The largest absolute Gasteiger partial charge is 0.496 e. The van der Waals surface area contributed by atoms with Crippen LogP contribution in [0.25, 0.3) is 16.9 Å². The number of aromatic nitrogens is 2. The highest BCUT2D eigenvalue weighted by Crippen LogP contribution is 2.40. The van der Waals surface area contributed by atoms with Crippen LogP contribution >= 0.6 is 0 Å². The molecule has 11 heteroatoms. The Labute approximate surface area is 237 Å². The molecule has 9 nitrogen and oxygen atoms in total. The Morgan fingerprint density at radius 1 is 1.12 bits per heavy atom. The lowest BCUT2D eigenvalue weighted by Crippen LogP contribution is -2.46. The van der Waals surface area contributed by atoms with Crippen LogP contribution in [0.4, 0.5) is 8.78 Å². The number of rotatable bonds is 13. The Morgan fingerprint density at radius 3 is 2.66 bits per heavy atom. The van der Waals surface area contributed by atoms with E-state index in [2.05, 4.69) is 9.88 Å². The third kappa shape index (κ3) is 6.95. The first kappa shape index (κ1) is 28.8. The van der Waals surface area contributed by atoms with Crippen molar-refractivity contribution in [3.63, 3.8) is 0 Å². The number of esters is 1. The molecule has 0 spiro atoms. The van der Waals surface area contributed by atoms with Gasteiger partial charge in [0.1, 0.15) is 35.1 Å². The van der Waals surface area contributed by atoms with E-state index in [1.807, 2.05) is 0 Å². The summed E-state index contributed by atoms with van der Waals surface area (Å²) in [5.41, 5.74) is 1.75. The molecule has 0 amide bonds. The van der Waals surface area contributed by atoms with E-state index in [0.717, 1.165) is 38.6 Å². The zero-order valence-corrected chi connectivity index (χ0v) is 23.3. The molecule has 2 aromatic heterocycles. The SMILES string of the molecule is CCOC(=O)CN1CCCCC1COc1ccn2c(-c3cc(OC)c(C(=O)CC4CC4)c(OC(F)F)c3)cnc2c1. The van der Waals surface area contributed by atoms with Crippen LogP contribution in [-0.4, -0.2) is 72.1 Å². The number of methoxy groups -OCH3 is 1. The van der Waals surface area contributed by atoms with E-state index >= 15 is 0 Å². The van der Waals surface area contributed by atoms with Crippen molar-refractivity contribution in [1.29, 1.82) is 0 Å². The summed E-state index contributed by atoms with van der Waals surface area (Å²) in [5, 5.41) is 0. The van der Waals surface area contributed by atoms with Crippen LogP contribution in [0.3, 0.4) is 0 Å². The van der Waals surface area contributed by atoms with Crippen molar-refractivity contribution in [2.75, 3.05) is 33.4 Å². The third-order valence-electron chi connectivity index (χ3n) is 7.56. The zero-order valence-electron chi connectivity index (χ0n) is 23.3. The highest BCUT2D eigenvalue weighted by Gasteiger charge is 2.30. The van der Waals surface area contributed by atoms with E-state index in [0.29, 0.717) is 35.9 Å². The number of carbonyl (C=O) groups is 2. The highest BCUT2D eigenvalue weighted by molar-refractivity contribution is 6.02. The summed E-state index contributed by atoms with van der Waals surface area (Å²) in [7, 11) is 1.40. The quantitative estimate of drug-likeness (QED) is 0.199. The molecule has 0 bridgehead atoms. The van der Waals surface area contributed by atoms with Crippen LogP contribution in [0.1, 0.15) is 55.8 Å². The summed E-state index contributed by atoms with van der Waals surface area (Å²) < 4.78 is 50.0. The maximum absolute atomic E-state index is 13.3. The first-order chi connectivity index (χ1) is 19.9. The molecule has 3 aromatic rings. The van der Waals surface area contributed by atoms with Crippen LogP contribution in [0.15, 0.2) is 36.7 Å². The number of carbonyl (C=O) groups excluding carboxylic acids is 2. The number of nitrogens with zero attached hydrogens (tertiary/aromatic N) is 3. The van der Waals surface area contributed by atoms with Gasteiger partial charge in [-0.3, -0.25) is 18.9 Å². The highest BCUT2D eigenvalue weighted by atomic mass is 19.3. The number of hydrogen-bond donors (Lipinski definition) is 0. The molecular formula is C30H35F2N3O6. The number of ether oxygens (including phenoxy) is 4. The third-order valence-corrected chi connectivity index (χ3v) is 7.56. The van der Waals surface area contributed by atoms with Crippen molar-refractivity contribution in [3.8, 4) is 28.5 Å². The second-order valence-corrected chi connectivity index (χ2v) is 10.5. The van der Waals surface area contributed by atoms with Gasteiger partial charge in [-0.1, -0.05) is 6.42 Å². The summed E-state index contributed by atoms with van der Waals surface area (Å²) >= 11 is 0. The Hall–Kier alpha value is -3.73. The van der Waals surface area contributed by atoms with Crippen molar-refractivity contribution in [2.24, 2.45) is 5.92 Å². The monoisotopic (exact) mass is 571 g/mol. The molecule has 1 aromatic carbocycles. The minimum atomic E-state index is -3.10. The topological polar surface area (TPSA) is 91.6 Å². The van der Waals surface area contributed by atoms with Gasteiger partial charge in [-0.05, 0) is 63.3 Å². The van der Waals surface area contributed by atoms with Crippen LogP contribution in [0.2, 0.25) is 0 Å². The van der Waals surface area contributed by atoms with Gasteiger partial charge in [0.15, 0.2) is 5.78 Å². The number of imidazole rings is 1. The molecule has 5 rings (SSSR count). The van der Waals surface area contributed by atoms with Crippen molar-refractivity contribution < 1.29 is 37.3 Å². The molecule has 1 atom stereocenters. The number of ketones is 1. The molecule has 0 radical (unpaired) electrons. The van der Waals surface area contributed by atoms with Gasteiger partial charge in [-0.15, -0.1) is 0 Å². The Kier molecular flexibility index (Phi) is 9.02. The first-order valence-electron chi connectivity index (χ1n) is 14.1. The molecule has 41 heavy (non-hydrogen) atoms. The molecule has 3 heterocycles. The van der Waals surface area contributed by atoms with Crippen LogP contribution in [0, 0.1) is 5.92 Å². The lowest BCUT2D eigenvalue weighted by atomic mass is 10.00. The van der Waals surface area contributed by atoms with Gasteiger partial charge < -0.3 is 18.9 Å². The normalized spacial score (nSPS) is 17.5. The van der Waals surface area contributed by atoms with Crippen molar-refractivity contribution in [1.82, 2.24) is 14.3 Å². The maximum Gasteiger partial charge on any atom is 0.387 e. The van der Waals surface area contributed by atoms with Gasteiger partial charge >= 0.3 is 12.6 Å². The number of hydrogen-bond acceptors (Lipinski definition) is 8. The predicted octanol–water partition coefficient (Wildman–Crippen LogP) is 5.39. The fourth-order valence-corrected chi connectivity index (χ4v) is 5.34. The molecule has 1 saturated heterocycles. The summed E-state index contributed by atoms with van der Waals surface area (Å²) in [4.78, 5) is 31.6. The van der Waals surface area contributed by atoms with Gasteiger partial charge in [0, 0.05) is 30.3 Å². The van der Waals surface area contributed by atoms with Crippen LogP contribution < -0.4 is 14.2 Å². The number of piperidine rings is 1. The molecule has 2 fully saturated rings. The first-order valence-corrected chi connectivity index (χ1v) is 14.1. The smallest absolute Gasteiger partial charge is 0.387 e. The van der Waals surface area contributed by atoms with E-state index in [4.69, 9.17) is 18.9 Å². The lowest BCUT2D eigenvalue weighted by molar-refractivity contribution is -0.145. The second-order valence-electron chi connectivity index (χ2n) is 10.5. The molecule has 0 N–H and O–H groups in total. The number of halogens is 2. The average Bonchev–Trinajstić information content (AvgIpc) is 3.66. The Bertz CT molecular complexity index is 1390. The van der Waals surface area contributed by atoms with Crippen molar-refractivity contribution >= 4 is 17.4 Å². The minimum Gasteiger partial charge on any atom is -0.496 e. The fourth-order valence-electron chi connectivity index (χ4n) is 5.34. The maximum atomic E-state index is 13.3. The fraction of sp³-hybridized carbons (Fsp3) is 0.500. The van der Waals surface area contributed by atoms with E-state index in [9.17, 15) is 18.4 Å². The van der Waals surface area contributed by atoms with Crippen LogP contribution in [0.5, 0.6) is 17.2 Å². The number of benzene rings is 1. The zero-order chi connectivity index (χ0) is 28.9. The second kappa shape index (κ2) is 12.8. The van der Waals surface area contributed by atoms with Gasteiger partial charge in [-0.25, -0.2) is 4.98 Å². The molecule has 2 aliphatic rings. The number of likely N-dealkylation sites (tertiary alicyclic amines) is 1. The lowest BCUT2D eigenvalue weighted by Gasteiger charge is -2.34. The number of fused-ring (bicyclic) bond motifs is 1. The number of pyridine rings is 1. The summed E-state index contributed by atoms with van der Waals surface area (Å²) in [5.74, 6) is 0.361. The Morgan fingerprint density at radius 2 is 1.93 bits per heavy atom. The van der Waals surface area contributed by atoms with Gasteiger partial charge in [-0.2, -0.15) is 8.78 Å².